The molecule has 2 aromatic rings. The lowest BCUT2D eigenvalue weighted by Gasteiger charge is -2.23. The van der Waals surface area contributed by atoms with Crippen LogP contribution in [0.2, 0.25) is 0 Å². The zero-order chi connectivity index (χ0) is 24.8. The number of anilines is 1. The number of rotatable bonds is 6. The van der Waals surface area contributed by atoms with E-state index in [1.54, 1.807) is 0 Å². The fraction of sp³-hybridized carbons (Fsp3) is 0.476. The maximum Gasteiger partial charge on any atom is 0.414 e. The minimum Gasteiger partial charge on any atom is -0.496 e. The molecule has 33 heavy (non-hydrogen) atoms. The third-order valence-electron chi connectivity index (χ3n) is 5.14. The number of nitrogens with one attached hydrogen (secondary N) is 1. The van der Waals surface area contributed by atoms with Gasteiger partial charge in [-0.1, -0.05) is 13.0 Å². The van der Waals surface area contributed by atoms with Crippen LogP contribution in [0.4, 0.5) is 27.6 Å². The summed E-state index contributed by atoms with van der Waals surface area (Å²) >= 11 is 0. The molecule has 0 bridgehead atoms. The second-order valence-electron chi connectivity index (χ2n) is 7.27. The van der Waals surface area contributed by atoms with E-state index in [1.165, 1.54) is 32.5 Å². The van der Waals surface area contributed by atoms with Gasteiger partial charge in [0.2, 0.25) is 6.41 Å². The van der Waals surface area contributed by atoms with Gasteiger partial charge in [0.25, 0.3) is 0 Å². The lowest BCUT2D eigenvalue weighted by atomic mass is 9.84. The summed E-state index contributed by atoms with van der Waals surface area (Å²) in [6.07, 6.45) is -4.61. The Balaban J connectivity index is 0.000000294. The van der Waals surface area contributed by atoms with E-state index in [2.05, 4.69) is 15.3 Å². The van der Waals surface area contributed by atoms with Gasteiger partial charge in [-0.2, -0.15) is 13.2 Å². The van der Waals surface area contributed by atoms with Gasteiger partial charge >= 0.3 is 6.18 Å². The SMILES string of the molecule is COc1c(C2COC(C(F)(F)F)C2C)ccc(F)c1C(C)F.O=CNc1cnc(CO)nc1. The van der Waals surface area contributed by atoms with E-state index in [0.29, 0.717) is 23.5 Å². The number of alkyl halides is 4. The smallest absolute Gasteiger partial charge is 0.414 e. The Kier molecular flexibility index (Phi) is 9.06. The van der Waals surface area contributed by atoms with Crippen molar-refractivity contribution in [2.45, 2.75) is 44.8 Å². The van der Waals surface area contributed by atoms with Crippen molar-refractivity contribution >= 4 is 12.1 Å². The van der Waals surface area contributed by atoms with Crippen LogP contribution in [0.5, 0.6) is 5.75 Å². The van der Waals surface area contributed by atoms with Crippen molar-refractivity contribution in [1.29, 1.82) is 0 Å². The first-order chi connectivity index (χ1) is 15.5. The minimum absolute atomic E-state index is 0.0433. The predicted molar refractivity (Wildman–Crippen MR) is 108 cm³/mol. The molecule has 2 heterocycles. The van der Waals surface area contributed by atoms with Crippen LogP contribution in [-0.4, -0.2) is 47.5 Å². The molecule has 12 heteroatoms. The summed E-state index contributed by atoms with van der Waals surface area (Å²) in [7, 11) is 1.24. The van der Waals surface area contributed by atoms with Crippen molar-refractivity contribution < 1.29 is 41.3 Å². The highest BCUT2D eigenvalue weighted by atomic mass is 19.4. The molecule has 1 fully saturated rings. The Labute approximate surface area is 187 Å². The Hall–Kier alpha value is -2.86. The first-order valence-electron chi connectivity index (χ1n) is 9.85. The third-order valence-corrected chi connectivity index (χ3v) is 5.14. The quantitative estimate of drug-likeness (QED) is 0.481. The topological polar surface area (TPSA) is 93.6 Å². The van der Waals surface area contributed by atoms with Crippen LogP contribution in [-0.2, 0) is 16.1 Å². The summed E-state index contributed by atoms with van der Waals surface area (Å²) in [6, 6.07) is 2.39. The Bertz CT molecular complexity index is 925. The lowest BCUT2D eigenvalue weighted by Crippen LogP contribution is -2.33. The lowest BCUT2D eigenvalue weighted by molar-refractivity contribution is -0.215. The van der Waals surface area contributed by atoms with Crippen LogP contribution in [0.3, 0.4) is 0 Å². The van der Waals surface area contributed by atoms with Crippen LogP contribution < -0.4 is 10.1 Å². The van der Waals surface area contributed by atoms with Crippen molar-refractivity contribution in [2.75, 3.05) is 19.0 Å². The van der Waals surface area contributed by atoms with Gasteiger partial charge in [-0.15, -0.1) is 0 Å². The van der Waals surface area contributed by atoms with Gasteiger partial charge in [-0.3, -0.25) is 4.79 Å². The predicted octanol–water partition coefficient (Wildman–Crippen LogP) is 4.08. The van der Waals surface area contributed by atoms with Gasteiger partial charge < -0.3 is 19.9 Å². The van der Waals surface area contributed by atoms with Crippen molar-refractivity contribution in [3.05, 3.63) is 47.3 Å². The van der Waals surface area contributed by atoms with E-state index < -0.39 is 36.1 Å². The molecule has 1 aromatic heterocycles. The first kappa shape index (κ1) is 26.4. The molecule has 182 valence electrons. The fourth-order valence-electron chi connectivity index (χ4n) is 3.55. The molecule has 1 aliphatic heterocycles. The normalized spacial score (nSPS) is 21.1. The van der Waals surface area contributed by atoms with E-state index in [0.717, 1.165) is 13.0 Å². The number of carbonyl (C=O) groups is 1. The maximum atomic E-state index is 13.8. The number of ether oxygens (including phenoxy) is 2. The molecule has 7 nitrogen and oxygen atoms in total. The number of aliphatic hydroxyl groups excluding tert-OH is 1. The number of amides is 1. The summed E-state index contributed by atoms with van der Waals surface area (Å²) in [5, 5.41) is 10.9. The molecule has 0 spiro atoms. The number of nitrogens with zero attached hydrogens (tertiary/aromatic N) is 2. The number of methoxy groups -OCH3 is 1. The first-order valence-corrected chi connectivity index (χ1v) is 9.85. The molecular formula is C21H24F5N3O4. The summed E-state index contributed by atoms with van der Waals surface area (Å²) < 4.78 is 76.0. The van der Waals surface area contributed by atoms with Crippen molar-refractivity contribution in [2.24, 2.45) is 5.92 Å². The molecule has 1 aromatic carbocycles. The van der Waals surface area contributed by atoms with E-state index in [9.17, 15) is 26.7 Å². The van der Waals surface area contributed by atoms with E-state index >= 15 is 0 Å². The van der Waals surface area contributed by atoms with Gasteiger partial charge in [0, 0.05) is 17.4 Å². The van der Waals surface area contributed by atoms with E-state index in [1.807, 2.05) is 0 Å². The van der Waals surface area contributed by atoms with Gasteiger partial charge in [0.15, 0.2) is 11.9 Å². The molecule has 4 unspecified atom stereocenters. The Morgan fingerprint density at radius 1 is 1.33 bits per heavy atom. The molecule has 1 aliphatic rings. The van der Waals surface area contributed by atoms with Gasteiger partial charge in [-0.05, 0) is 13.0 Å². The molecule has 1 saturated heterocycles. The van der Waals surface area contributed by atoms with Crippen LogP contribution >= 0.6 is 0 Å². The largest absolute Gasteiger partial charge is 0.496 e. The molecular weight excluding hydrogens is 453 g/mol. The molecule has 2 N–H and O–H groups in total. The zero-order valence-electron chi connectivity index (χ0n) is 18.1. The summed E-state index contributed by atoms with van der Waals surface area (Å²) in [6.45, 7) is 2.20. The second kappa shape index (κ2) is 11.3. The third kappa shape index (κ3) is 6.35. The van der Waals surface area contributed by atoms with Crippen LogP contribution in [0.1, 0.15) is 42.9 Å². The number of halogens is 5. The second-order valence-corrected chi connectivity index (χ2v) is 7.27. The molecule has 3 rings (SSSR count). The van der Waals surface area contributed by atoms with Crippen LogP contribution in [0.15, 0.2) is 24.5 Å². The Morgan fingerprint density at radius 2 is 1.97 bits per heavy atom. The van der Waals surface area contributed by atoms with Crippen molar-refractivity contribution in [3.8, 4) is 5.75 Å². The minimum atomic E-state index is -4.47. The summed E-state index contributed by atoms with van der Waals surface area (Å²) in [5.74, 6) is -2.00. The summed E-state index contributed by atoms with van der Waals surface area (Å²) in [4.78, 5) is 17.4. The highest BCUT2D eigenvalue weighted by Gasteiger charge is 2.51. The maximum absolute atomic E-state index is 13.8. The fourth-order valence-corrected chi connectivity index (χ4v) is 3.55. The van der Waals surface area contributed by atoms with Gasteiger partial charge in [0.1, 0.15) is 24.3 Å². The molecule has 1 amide bonds. The molecule has 0 aliphatic carbocycles. The number of carbonyl (C=O) groups excluding carboxylic acids is 1. The highest BCUT2D eigenvalue weighted by Crippen LogP contribution is 2.46. The van der Waals surface area contributed by atoms with Gasteiger partial charge in [0.05, 0.1) is 37.4 Å². The number of aromatic nitrogens is 2. The monoisotopic (exact) mass is 477 g/mol. The van der Waals surface area contributed by atoms with Crippen molar-refractivity contribution in [1.82, 2.24) is 9.97 Å². The average Bonchev–Trinajstić information content (AvgIpc) is 3.16. The standard InChI is InChI=1S/C15H17F5O2.C6H7N3O2/c1-7-10(6-22-14(7)15(18,19)20)9-4-5-11(17)12(8(2)16)13(9)21-3;10-3-6-7-1-5(2-8-6)9-4-11/h4-5,7-8,10,14H,6H2,1-3H3;1-2,4,10H,3H2,(H,9,11). The molecule has 0 saturated carbocycles. The highest BCUT2D eigenvalue weighted by molar-refractivity contribution is 5.69. The Morgan fingerprint density at radius 3 is 2.42 bits per heavy atom. The van der Waals surface area contributed by atoms with E-state index in [4.69, 9.17) is 14.6 Å². The number of benzene rings is 1. The van der Waals surface area contributed by atoms with Gasteiger partial charge in [-0.25, -0.2) is 18.7 Å². The summed E-state index contributed by atoms with van der Waals surface area (Å²) in [5.41, 5.74) is 0.572. The van der Waals surface area contributed by atoms with Crippen molar-refractivity contribution in [3.63, 3.8) is 0 Å². The molecule has 4 atom stereocenters. The van der Waals surface area contributed by atoms with Crippen LogP contribution in [0, 0.1) is 11.7 Å². The number of hydrogen-bond donors (Lipinski definition) is 2. The average molecular weight is 477 g/mol. The number of aliphatic hydroxyl groups is 1. The molecule has 0 radical (unpaired) electrons. The number of hydrogen-bond acceptors (Lipinski definition) is 6. The zero-order valence-corrected chi connectivity index (χ0v) is 18.1. The van der Waals surface area contributed by atoms with E-state index in [-0.39, 0.29) is 24.5 Å². The van der Waals surface area contributed by atoms with Crippen LogP contribution in [0.25, 0.3) is 0 Å².